The molecule has 128 valence electrons. The summed E-state index contributed by atoms with van der Waals surface area (Å²) in [5.41, 5.74) is 8.83. The Hall–Kier alpha value is -2.70. The van der Waals surface area contributed by atoms with Gasteiger partial charge in [0, 0.05) is 18.5 Å². The number of fused-ring (bicyclic) bond motifs is 1. The maximum Gasteiger partial charge on any atom is 0.223 e. The number of aryl methyl sites for hydroxylation is 1. The molecule has 3 N–H and O–H groups in total. The van der Waals surface area contributed by atoms with E-state index in [1.807, 2.05) is 23.1 Å². The highest BCUT2D eigenvalue weighted by Crippen LogP contribution is 2.28. The molecule has 1 aromatic carbocycles. The van der Waals surface area contributed by atoms with Crippen LogP contribution in [0.1, 0.15) is 23.2 Å². The molecule has 0 saturated carbocycles. The Bertz CT molecular complexity index is 741. The Morgan fingerprint density at radius 3 is 2.88 bits per heavy atom. The monoisotopic (exact) mass is 330 g/mol. The number of benzene rings is 1. The van der Waals surface area contributed by atoms with Gasteiger partial charge in [-0.1, -0.05) is 6.07 Å². The van der Waals surface area contributed by atoms with E-state index in [2.05, 4.69) is 10.2 Å². The Balaban J connectivity index is 1.60. The molecule has 0 unspecified atom stereocenters. The van der Waals surface area contributed by atoms with Crippen LogP contribution in [0.4, 0.5) is 5.82 Å². The Kier molecular flexibility index (Phi) is 4.59. The molecule has 0 spiro atoms. The number of hydrogen-bond donors (Lipinski definition) is 2. The molecule has 2 aromatic rings. The van der Waals surface area contributed by atoms with Gasteiger partial charge in [0.1, 0.15) is 5.82 Å². The summed E-state index contributed by atoms with van der Waals surface area (Å²) in [5, 5.41) is 6.92. The van der Waals surface area contributed by atoms with Gasteiger partial charge in [-0.05, 0) is 30.5 Å². The van der Waals surface area contributed by atoms with Crippen molar-refractivity contribution in [2.75, 3.05) is 26.5 Å². The number of nitrogen functional groups attached to an aromatic ring is 1. The van der Waals surface area contributed by atoms with E-state index in [0.29, 0.717) is 43.2 Å². The molecule has 7 nitrogen and oxygen atoms in total. The molecule has 0 bridgehead atoms. The standard InChI is InChI=1S/C17H22N4O3/c1-23-14-5-3-11(9-15(14)24-2)4-6-16(22)21-8-7-12-13(10-21)19-20-17(12)18/h3,5,9H,4,6-8,10H2,1-2H3,(H3,18,19,20). The van der Waals surface area contributed by atoms with Gasteiger partial charge in [-0.25, -0.2) is 0 Å². The number of anilines is 1. The van der Waals surface area contributed by atoms with Crippen molar-refractivity contribution in [3.8, 4) is 11.5 Å². The van der Waals surface area contributed by atoms with Crippen molar-refractivity contribution in [1.29, 1.82) is 0 Å². The lowest BCUT2D eigenvalue weighted by Gasteiger charge is -2.26. The highest BCUT2D eigenvalue weighted by molar-refractivity contribution is 5.77. The maximum atomic E-state index is 12.5. The highest BCUT2D eigenvalue weighted by Gasteiger charge is 2.23. The minimum atomic E-state index is 0.128. The summed E-state index contributed by atoms with van der Waals surface area (Å²) in [4.78, 5) is 14.3. The van der Waals surface area contributed by atoms with Crippen LogP contribution in [0.2, 0.25) is 0 Å². The van der Waals surface area contributed by atoms with E-state index in [4.69, 9.17) is 15.2 Å². The molecule has 1 aliphatic heterocycles. The van der Waals surface area contributed by atoms with Gasteiger partial charge in [0.05, 0.1) is 26.5 Å². The molecule has 1 aromatic heterocycles. The average molecular weight is 330 g/mol. The molecular weight excluding hydrogens is 308 g/mol. The zero-order valence-corrected chi connectivity index (χ0v) is 14.0. The van der Waals surface area contributed by atoms with Gasteiger partial charge in [0.25, 0.3) is 0 Å². The summed E-state index contributed by atoms with van der Waals surface area (Å²) < 4.78 is 10.5. The van der Waals surface area contributed by atoms with Crippen LogP contribution in [-0.2, 0) is 24.2 Å². The Morgan fingerprint density at radius 1 is 1.33 bits per heavy atom. The van der Waals surface area contributed by atoms with Crippen LogP contribution in [0.5, 0.6) is 11.5 Å². The van der Waals surface area contributed by atoms with Crippen LogP contribution >= 0.6 is 0 Å². The van der Waals surface area contributed by atoms with Crippen molar-refractivity contribution < 1.29 is 14.3 Å². The van der Waals surface area contributed by atoms with Crippen LogP contribution in [0.15, 0.2) is 18.2 Å². The molecule has 0 saturated heterocycles. The number of H-pyrrole nitrogens is 1. The predicted molar refractivity (Wildman–Crippen MR) is 90.0 cm³/mol. The van der Waals surface area contributed by atoms with Crippen LogP contribution in [0.3, 0.4) is 0 Å². The van der Waals surface area contributed by atoms with Crippen LogP contribution in [-0.4, -0.2) is 41.8 Å². The second-order valence-corrected chi connectivity index (χ2v) is 5.82. The molecule has 1 aliphatic rings. The molecule has 0 radical (unpaired) electrons. The smallest absolute Gasteiger partial charge is 0.223 e. The zero-order valence-electron chi connectivity index (χ0n) is 14.0. The molecule has 0 atom stereocenters. The first-order valence-electron chi connectivity index (χ1n) is 7.92. The summed E-state index contributed by atoms with van der Waals surface area (Å²) in [7, 11) is 3.21. The Morgan fingerprint density at radius 2 is 2.12 bits per heavy atom. The fourth-order valence-corrected chi connectivity index (χ4v) is 3.00. The van der Waals surface area contributed by atoms with Gasteiger partial charge in [0.2, 0.25) is 5.91 Å². The summed E-state index contributed by atoms with van der Waals surface area (Å²) in [6.45, 7) is 1.23. The number of nitrogens with two attached hydrogens (primary N) is 1. The molecule has 7 heteroatoms. The van der Waals surface area contributed by atoms with Crippen LogP contribution < -0.4 is 15.2 Å². The number of carbonyl (C=O) groups excluding carboxylic acids is 1. The third-order valence-electron chi connectivity index (χ3n) is 4.39. The van der Waals surface area contributed by atoms with Crippen LogP contribution in [0.25, 0.3) is 0 Å². The van der Waals surface area contributed by atoms with Crippen molar-refractivity contribution in [3.05, 3.63) is 35.0 Å². The van der Waals surface area contributed by atoms with E-state index in [1.165, 1.54) is 0 Å². The molecule has 2 heterocycles. The molecule has 0 fully saturated rings. The fraction of sp³-hybridized carbons (Fsp3) is 0.412. The van der Waals surface area contributed by atoms with Crippen molar-refractivity contribution in [1.82, 2.24) is 15.1 Å². The lowest BCUT2D eigenvalue weighted by Crippen LogP contribution is -2.36. The van der Waals surface area contributed by atoms with E-state index in [1.54, 1.807) is 14.2 Å². The number of nitrogens with one attached hydrogen (secondary N) is 1. The SMILES string of the molecule is COc1ccc(CCC(=O)N2CCc3c(N)n[nH]c3C2)cc1OC. The number of carbonyl (C=O) groups is 1. The van der Waals surface area contributed by atoms with Gasteiger partial charge < -0.3 is 20.1 Å². The number of ether oxygens (including phenoxy) is 2. The first-order chi connectivity index (χ1) is 11.6. The van der Waals surface area contributed by atoms with Gasteiger partial charge in [-0.3, -0.25) is 9.89 Å². The quantitative estimate of drug-likeness (QED) is 0.867. The van der Waals surface area contributed by atoms with E-state index >= 15 is 0 Å². The van der Waals surface area contributed by atoms with E-state index in [-0.39, 0.29) is 5.91 Å². The third-order valence-corrected chi connectivity index (χ3v) is 4.39. The van der Waals surface area contributed by atoms with Gasteiger partial charge in [-0.2, -0.15) is 5.10 Å². The van der Waals surface area contributed by atoms with E-state index < -0.39 is 0 Å². The molecular formula is C17H22N4O3. The van der Waals surface area contributed by atoms with E-state index in [9.17, 15) is 4.79 Å². The number of amides is 1. The number of aromatic amines is 1. The minimum absolute atomic E-state index is 0.128. The molecule has 0 aliphatic carbocycles. The Labute approximate surface area is 140 Å². The van der Waals surface area contributed by atoms with Crippen molar-refractivity contribution in [2.45, 2.75) is 25.8 Å². The summed E-state index contributed by atoms with van der Waals surface area (Å²) >= 11 is 0. The fourth-order valence-electron chi connectivity index (χ4n) is 3.00. The molecule has 1 amide bonds. The predicted octanol–water partition coefficient (Wildman–Crippen LogP) is 1.53. The molecule has 24 heavy (non-hydrogen) atoms. The van der Waals surface area contributed by atoms with Crippen molar-refractivity contribution >= 4 is 11.7 Å². The maximum absolute atomic E-state index is 12.5. The second kappa shape index (κ2) is 6.82. The number of hydrogen-bond acceptors (Lipinski definition) is 5. The summed E-state index contributed by atoms with van der Waals surface area (Å²) in [6.07, 6.45) is 1.86. The van der Waals surface area contributed by atoms with Gasteiger partial charge in [-0.15, -0.1) is 0 Å². The molecule has 3 rings (SSSR count). The largest absolute Gasteiger partial charge is 0.493 e. The average Bonchev–Trinajstić information content (AvgIpc) is 2.99. The third kappa shape index (κ3) is 3.15. The second-order valence-electron chi connectivity index (χ2n) is 5.82. The first-order valence-corrected chi connectivity index (χ1v) is 7.92. The van der Waals surface area contributed by atoms with Gasteiger partial charge in [0.15, 0.2) is 11.5 Å². The van der Waals surface area contributed by atoms with Crippen molar-refractivity contribution in [2.24, 2.45) is 0 Å². The number of methoxy groups -OCH3 is 2. The van der Waals surface area contributed by atoms with Crippen LogP contribution in [0, 0.1) is 0 Å². The first kappa shape index (κ1) is 16.2. The minimum Gasteiger partial charge on any atom is -0.493 e. The summed E-state index contributed by atoms with van der Waals surface area (Å²) in [5.74, 6) is 2.04. The van der Waals surface area contributed by atoms with Crippen molar-refractivity contribution in [3.63, 3.8) is 0 Å². The lowest BCUT2D eigenvalue weighted by atomic mass is 10.0. The van der Waals surface area contributed by atoms with E-state index in [0.717, 1.165) is 23.2 Å². The zero-order chi connectivity index (χ0) is 17.1. The number of rotatable bonds is 5. The normalized spacial score (nSPS) is 13.5. The lowest BCUT2D eigenvalue weighted by molar-refractivity contribution is -0.132. The highest BCUT2D eigenvalue weighted by atomic mass is 16.5. The number of aromatic nitrogens is 2. The number of nitrogens with zero attached hydrogens (tertiary/aromatic N) is 2. The summed E-state index contributed by atoms with van der Waals surface area (Å²) in [6, 6.07) is 5.73. The topological polar surface area (TPSA) is 93.5 Å². The van der Waals surface area contributed by atoms with Gasteiger partial charge >= 0.3 is 0 Å².